The van der Waals surface area contributed by atoms with Crippen LogP contribution in [0.4, 0.5) is 0 Å². The zero-order valence-corrected chi connectivity index (χ0v) is 17.0. The summed E-state index contributed by atoms with van der Waals surface area (Å²) in [6, 6.07) is 0. The lowest BCUT2D eigenvalue weighted by atomic mass is 10.5. The molecule has 12 nitrogen and oxygen atoms in total. The van der Waals surface area contributed by atoms with E-state index in [-0.39, 0.29) is 26.9 Å². The molecule has 0 saturated carbocycles. The van der Waals surface area contributed by atoms with Crippen LogP contribution in [-0.2, 0) is 28.4 Å². The number of rotatable bonds is 13. The minimum atomic E-state index is -0.486. The van der Waals surface area contributed by atoms with E-state index in [1.165, 1.54) is 0 Å². The molecule has 0 radical (unpaired) electrons. The first kappa shape index (κ1) is 23.5. The van der Waals surface area contributed by atoms with Gasteiger partial charge in [-0.1, -0.05) is 0 Å². The van der Waals surface area contributed by atoms with E-state index < -0.39 is 6.29 Å². The van der Waals surface area contributed by atoms with Crippen LogP contribution in [0.25, 0.3) is 0 Å². The Morgan fingerprint density at radius 3 is 1.59 bits per heavy atom. The van der Waals surface area contributed by atoms with Crippen molar-refractivity contribution in [1.29, 1.82) is 0 Å². The van der Waals surface area contributed by atoms with Crippen LogP contribution < -0.4 is 5.32 Å². The van der Waals surface area contributed by atoms with Gasteiger partial charge in [-0.05, 0) is 0 Å². The molecule has 0 aromatic carbocycles. The van der Waals surface area contributed by atoms with Crippen molar-refractivity contribution in [1.82, 2.24) is 20.0 Å². The Morgan fingerprint density at radius 1 is 0.704 bits per heavy atom. The Labute approximate surface area is 160 Å². The predicted octanol–water partition coefficient (Wildman–Crippen LogP) is -0.885. The largest absolute Gasteiger partial charge is 0.369 e. The monoisotopic (exact) mass is 392 g/mol. The number of nitrogens with one attached hydrogen (secondary N) is 1. The van der Waals surface area contributed by atoms with Crippen LogP contribution in [0.1, 0.15) is 0 Å². The van der Waals surface area contributed by atoms with E-state index in [0.29, 0.717) is 25.4 Å². The van der Waals surface area contributed by atoms with Crippen LogP contribution >= 0.6 is 0 Å². The van der Waals surface area contributed by atoms with Gasteiger partial charge < -0.3 is 33.7 Å². The van der Waals surface area contributed by atoms with Gasteiger partial charge in [-0.15, -0.1) is 0 Å². The summed E-state index contributed by atoms with van der Waals surface area (Å²) in [5.41, 5.74) is 0. The summed E-state index contributed by atoms with van der Waals surface area (Å²) in [6.07, 6.45) is -0.486. The van der Waals surface area contributed by atoms with Gasteiger partial charge in [0.2, 0.25) is 11.9 Å². The fourth-order valence-electron chi connectivity index (χ4n) is 2.35. The van der Waals surface area contributed by atoms with Crippen molar-refractivity contribution < 1.29 is 28.4 Å². The SMILES string of the molecule is COCN(COC)C1=NC(N(COC)COC)NC(N(COC)COC)=N1. The van der Waals surface area contributed by atoms with Crippen molar-refractivity contribution in [3.05, 3.63) is 0 Å². The van der Waals surface area contributed by atoms with E-state index >= 15 is 0 Å². The average molecular weight is 392 g/mol. The van der Waals surface area contributed by atoms with Crippen LogP contribution in [0.15, 0.2) is 9.98 Å². The first-order chi connectivity index (χ1) is 13.1. The highest BCUT2D eigenvalue weighted by Gasteiger charge is 2.28. The van der Waals surface area contributed by atoms with Crippen LogP contribution in [-0.4, -0.2) is 116 Å². The van der Waals surface area contributed by atoms with Crippen LogP contribution in [0, 0.1) is 0 Å². The highest BCUT2D eigenvalue weighted by atomic mass is 16.5. The van der Waals surface area contributed by atoms with E-state index in [4.69, 9.17) is 28.4 Å². The third kappa shape index (κ3) is 7.54. The number of methoxy groups -OCH3 is 6. The minimum absolute atomic E-state index is 0.263. The van der Waals surface area contributed by atoms with Crippen molar-refractivity contribution in [2.24, 2.45) is 9.98 Å². The van der Waals surface area contributed by atoms with Crippen LogP contribution in [0.2, 0.25) is 0 Å². The van der Waals surface area contributed by atoms with E-state index in [1.807, 2.05) is 4.90 Å². The summed E-state index contributed by atoms with van der Waals surface area (Å²) < 4.78 is 31.5. The molecule has 0 amide bonds. The van der Waals surface area contributed by atoms with E-state index in [2.05, 4.69) is 15.3 Å². The molecule has 27 heavy (non-hydrogen) atoms. The second kappa shape index (κ2) is 13.6. The van der Waals surface area contributed by atoms with Gasteiger partial charge in [0.15, 0.2) is 6.29 Å². The molecule has 0 saturated heterocycles. The van der Waals surface area contributed by atoms with E-state index in [9.17, 15) is 0 Å². The number of guanidine groups is 2. The summed E-state index contributed by atoms with van der Waals surface area (Å²) in [5.74, 6) is 0.968. The number of aliphatic imine (C=N–C) groups is 2. The molecule has 0 bridgehead atoms. The van der Waals surface area contributed by atoms with E-state index in [1.54, 1.807) is 52.5 Å². The highest BCUT2D eigenvalue weighted by molar-refractivity contribution is 5.96. The molecule has 0 aromatic heterocycles. The van der Waals surface area contributed by atoms with Gasteiger partial charge >= 0.3 is 0 Å². The summed E-state index contributed by atoms with van der Waals surface area (Å²) in [6.45, 7) is 1.70. The third-order valence-electron chi connectivity index (χ3n) is 3.36. The maximum Gasteiger partial charge on any atom is 0.230 e. The van der Waals surface area contributed by atoms with Gasteiger partial charge in [-0.25, -0.2) is 9.89 Å². The molecule has 0 aromatic rings. The molecule has 0 spiro atoms. The maximum absolute atomic E-state index is 5.26. The molecule has 1 heterocycles. The Kier molecular flexibility index (Phi) is 11.8. The van der Waals surface area contributed by atoms with E-state index in [0.717, 1.165) is 0 Å². The molecule has 1 rings (SSSR count). The van der Waals surface area contributed by atoms with Crippen molar-refractivity contribution in [3.63, 3.8) is 0 Å². The molecule has 1 aliphatic rings. The van der Waals surface area contributed by atoms with Gasteiger partial charge in [0.25, 0.3) is 0 Å². The van der Waals surface area contributed by atoms with Gasteiger partial charge in [-0.2, -0.15) is 4.99 Å². The van der Waals surface area contributed by atoms with Crippen molar-refractivity contribution in [2.75, 3.05) is 83.0 Å². The quantitative estimate of drug-likeness (QED) is 0.397. The smallest absolute Gasteiger partial charge is 0.230 e. The number of nitrogens with zero attached hydrogens (tertiary/aromatic N) is 5. The molecule has 1 N–H and O–H groups in total. The molecule has 1 atom stereocenters. The van der Waals surface area contributed by atoms with Gasteiger partial charge in [0, 0.05) is 42.7 Å². The summed E-state index contributed by atoms with van der Waals surface area (Å²) >= 11 is 0. The lowest BCUT2D eigenvalue weighted by Crippen LogP contribution is -2.57. The van der Waals surface area contributed by atoms with Crippen LogP contribution in [0.5, 0.6) is 0 Å². The molecule has 1 aliphatic heterocycles. The Balaban J connectivity index is 3.19. The third-order valence-corrected chi connectivity index (χ3v) is 3.36. The van der Waals surface area contributed by atoms with Crippen molar-refractivity contribution in [3.8, 4) is 0 Å². The lowest BCUT2D eigenvalue weighted by Gasteiger charge is -2.36. The Hall–Kier alpha value is -1.54. The number of ether oxygens (including phenoxy) is 6. The fourth-order valence-corrected chi connectivity index (χ4v) is 2.35. The van der Waals surface area contributed by atoms with Gasteiger partial charge in [0.05, 0.1) is 0 Å². The topological polar surface area (TPSA) is 102 Å². The molecule has 0 fully saturated rings. The van der Waals surface area contributed by atoms with Crippen molar-refractivity contribution in [2.45, 2.75) is 6.29 Å². The predicted molar refractivity (Wildman–Crippen MR) is 98.6 cm³/mol. The lowest BCUT2D eigenvalue weighted by molar-refractivity contribution is -0.0443. The number of hydrogen-bond donors (Lipinski definition) is 1. The molecular formula is C15H32N6O6. The first-order valence-electron chi connectivity index (χ1n) is 8.25. The zero-order valence-electron chi connectivity index (χ0n) is 17.0. The van der Waals surface area contributed by atoms with Gasteiger partial charge in [0.1, 0.15) is 40.4 Å². The standard InChI is InChI=1S/C15H32N6O6/c1-22-7-19(8-23-2)13-16-14(20(9-24-3)10-25-4)18-15(17-13)21(11-26-5)12-27-6/h13H,7-12H2,1-6H3,(H,16,17,18). The summed E-state index contributed by atoms with van der Waals surface area (Å²) in [4.78, 5) is 14.6. The zero-order chi connectivity index (χ0) is 20.1. The average Bonchev–Trinajstić information content (AvgIpc) is 2.67. The maximum atomic E-state index is 5.26. The number of hydrogen-bond acceptors (Lipinski definition) is 12. The van der Waals surface area contributed by atoms with Gasteiger partial charge in [-0.3, -0.25) is 9.80 Å². The summed E-state index contributed by atoms with van der Waals surface area (Å²) in [5, 5.41) is 3.25. The highest BCUT2D eigenvalue weighted by Crippen LogP contribution is 2.10. The first-order valence-corrected chi connectivity index (χ1v) is 8.25. The van der Waals surface area contributed by atoms with Crippen molar-refractivity contribution >= 4 is 11.9 Å². The summed E-state index contributed by atoms with van der Waals surface area (Å²) in [7, 11) is 9.60. The molecule has 0 aliphatic carbocycles. The normalized spacial score (nSPS) is 16.8. The second-order valence-corrected chi connectivity index (χ2v) is 5.56. The second-order valence-electron chi connectivity index (χ2n) is 5.56. The molecule has 158 valence electrons. The Morgan fingerprint density at radius 2 is 1.15 bits per heavy atom. The molecule has 12 heteroatoms. The Bertz CT molecular complexity index is 448. The van der Waals surface area contributed by atoms with Crippen LogP contribution in [0.3, 0.4) is 0 Å². The minimum Gasteiger partial charge on any atom is -0.369 e. The molecular weight excluding hydrogens is 360 g/mol. The molecule has 1 unspecified atom stereocenters. The fraction of sp³-hybridized carbons (Fsp3) is 0.867.